The molecule has 2 aliphatic heterocycles. The second-order valence-electron chi connectivity index (χ2n) is 7.25. The zero-order valence-corrected chi connectivity index (χ0v) is 15.9. The average Bonchev–Trinajstić information content (AvgIpc) is 2.95. The van der Waals surface area contributed by atoms with Gasteiger partial charge in [-0.3, -0.25) is 9.59 Å². The summed E-state index contributed by atoms with van der Waals surface area (Å²) in [7, 11) is 0. The van der Waals surface area contributed by atoms with Crippen LogP contribution >= 0.6 is 11.6 Å². The summed E-state index contributed by atoms with van der Waals surface area (Å²) in [5.74, 6) is 0.407. The number of carbonyl (C=O) groups excluding carboxylic acids is 2. The van der Waals surface area contributed by atoms with E-state index in [0.717, 1.165) is 31.4 Å². The molecule has 3 heterocycles. The number of aromatic nitrogens is 1. The predicted octanol–water partition coefficient (Wildman–Crippen LogP) is 2.44. The van der Waals surface area contributed by atoms with E-state index in [1.165, 1.54) is 0 Å². The van der Waals surface area contributed by atoms with E-state index in [2.05, 4.69) is 15.2 Å². The van der Waals surface area contributed by atoms with Crippen LogP contribution in [-0.4, -0.2) is 54.4 Å². The van der Waals surface area contributed by atoms with E-state index in [1.54, 1.807) is 17.0 Å². The van der Waals surface area contributed by atoms with Crippen molar-refractivity contribution in [1.29, 1.82) is 0 Å². The van der Waals surface area contributed by atoms with E-state index in [4.69, 9.17) is 16.0 Å². The smallest absolute Gasteiger partial charge is 0.298 e. The van der Waals surface area contributed by atoms with Crippen LogP contribution in [0.15, 0.2) is 22.6 Å². The van der Waals surface area contributed by atoms with E-state index in [1.807, 2.05) is 6.07 Å². The Morgan fingerprint density at radius 3 is 3.11 bits per heavy atom. The van der Waals surface area contributed by atoms with Crippen LogP contribution in [0.1, 0.15) is 25.7 Å². The van der Waals surface area contributed by atoms with Gasteiger partial charge in [0.1, 0.15) is 5.52 Å². The molecule has 4 rings (SSSR count). The third-order valence-electron chi connectivity index (χ3n) is 5.26. The van der Waals surface area contributed by atoms with Gasteiger partial charge in [0.25, 0.3) is 6.01 Å². The second-order valence-corrected chi connectivity index (χ2v) is 7.68. The van der Waals surface area contributed by atoms with E-state index >= 15 is 0 Å². The molecule has 2 saturated heterocycles. The van der Waals surface area contributed by atoms with Crippen molar-refractivity contribution in [3.05, 3.63) is 23.2 Å². The lowest BCUT2D eigenvalue weighted by Crippen LogP contribution is -2.40. The molecule has 0 aliphatic carbocycles. The van der Waals surface area contributed by atoms with Gasteiger partial charge in [0.05, 0.1) is 0 Å². The molecule has 2 aliphatic rings. The number of oxazole rings is 1. The number of nitrogens with one attached hydrogen (secondary N) is 1. The first-order valence-electron chi connectivity index (χ1n) is 9.44. The van der Waals surface area contributed by atoms with Gasteiger partial charge >= 0.3 is 0 Å². The highest BCUT2D eigenvalue weighted by Gasteiger charge is 2.27. The Morgan fingerprint density at radius 1 is 1.33 bits per heavy atom. The minimum absolute atomic E-state index is 0.0187. The largest absolute Gasteiger partial charge is 0.423 e. The summed E-state index contributed by atoms with van der Waals surface area (Å²) in [6, 6.07) is 6.01. The number of hydrogen-bond acceptors (Lipinski definition) is 5. The number of benzene rings is 1. The van der Waals surface area contributed by atoms with E-state index in [9.17, 15) is 9.59 Å². The van der Waals surface area contributed by atoms with Gasteiger partial charge < -0.3 is 19.5 Å². The van der Waals surface area contributed by atoms with Crippen LogP contribution in [-0.2, 0) is 9.59 Å². The summed E-state index contributed by atoms with van der Waals surface area (Å²) in [6.07, 6.45) is 2.89. The summed E-state index contributed by atoms with van der Waals surface area (Å²) < 4.78 is 5.88. The monoisotopic (exact) mass is 390 g/mol. The summed E-state index contributed by atoms with van der Waals surface area (Å²) >= 11 is 6.02. The van der Waals surface area contributed by atoms with Gasteiger partial charge in [-0.2, -0.15) is 4.98 Å². The van der Waals surface area contributed by atoms with Gasteiger partial charge in [-0.25, -0.2) is 0 Å². The molecule has 8 heteroatoms. The van der Waals surface area contributed by atoms with E-state index in [-0.39, 0.29) is 17.7 Å². The molecular formula is C19H23ClN4O3. The van der Waals surface area contributed by atoms with Gasteiger partial charge in [-0.15, -0.1) is 0 Å². The standard InChI is InChI=1S/C19H23ClN4O3/c20-14-3-4-15-16(11-14)27-19(22-15)24-7-1-2-13(12-24)10-18(26)23-8-5-17(25)21-6-9-23/h3-4,11,13H,1-2,5-10,12H2,(H,21,25). The van der Waals surface area contributed by atoms with Gasteiger partial charge in [0.15, 0.2) is 5.58 Å². The molecule has 2 amide bonds. The Hall–Kier alpha value is -2.28. The molecule has 27 heavy (non-hydrogen) atoms. The molecule has 1 N–H and O–H groups in total. The van der Waals surface area contributed by atoms with Gasteiger partial charge in [0.2, 0.25) is 11.8 Å². The van der Waals surface area contributed by atoms with Crippen LogP contribution in [0.3, 0.4) is 0 Å². The molecule has 2 fully saturated rings. The zero-order valence-electron chi connectivity index (χ0n) is 15.1. The maximum Gasteiger partial charge on any atom is 0.298 e. The lowest BCUT2D eigenvalue weighted by molar-refractivity contribution is -0.132. The number of hydrogen-bond donors (Lipinski definition) is 1. The summed E-state index contributed by atoms with van der Waals surface area (Å²) in [5, 5.41) is 3.43. The molecule has 0 spiro atoms. The van der Waals surface area contributed by atoms with Crippen molar-refractivity contribution in [1.82, 2.24) is 15.2 Å². The number of fused-ring (bicyclic) bond motifs is 1. The van der Waals surface area contributed by atoms with Crippen LogP contribution in [0.2, 0.25) is 5.02 Å². The SMILES string of the molecule is O=C1CCN(C(=O)CC2CCCN(c3nc4ccc(Cl)cc4o3)C2)CCN1. The zero-order chi connectivity index (χ0) is 18.8. The van der Waals surface area contributed by atoms with Crippen molar-refractivity contribution >= 4 is 40.5 Å². The van der Waals surface area contributed by atoms with Gasteiger partial charge in [-0.1, -0.05) is 11.6 Å². The third kappa shape index (κ3) is 4.18. The first-order valence-corrected chi connectivity index (χ1v) is 9.82. The molecule has 1 atom stereocenters. The van der Waals surface area contributed by atoms with Crippen molar-refractivity contribution in [2.45, 2.75) is 25.7 Å². The fourth-order valence-electron chi connectivity index (χ4n) is 3.82. The highest BCUT2D eigenvalue weighted by atomic mass is 35.5. The molecule has 144 valence electrons. The number of halogens is 1. The minimum Gasteiger partial charge on any atom is -0.423 e. The van der Waals surface area contributed by atoms with Crippen LogP contribution in [0.25, 0.3) is 11.1 Å². The van der Waals surface area contributed by atoms with Crippen LogP contribution in [0, 0.1) is 5.92 Å². The molecule has 1 unspecified atom stereocenters. The summed E-state index contributed by atoms with van der Waals surface area (Å²) in [6.45, 7) is 3.25. The number of amides is 2. The van der Waals surface area contributed by atoms with Crippen molar-refractivity contribution in [3.63, 3.8) is 0 Å². The molecule has 7 nitrogen and oxygen atoms in total. The van der Waals surface area contributed by atoms with Crippen LogP contribution in [0.5, 0.6) is 0 Å². The fourth-order valence-corrected chi connectivity index (χ4v) is 3.98. The van der Waals surface area contributed by atoms with Gasteiger partial charge in [-0.05, 0) is 30.9 Å². The van der Waals surface area contributed by atoms with Gasteiger partial charge in [0, 0.05) is 56.7 Å². The normalized spacial score (nSPS) is 21.2. The minimum atomic E-state index is 0.0187. The summed E-state index contributed by atoms with van der Waals surface area (Å²) in [5.41, 5.74) is 1.46. The van der Waals surface area contributed by atoms with E-state index in [0.29, 0.717) is 49.1 Å². The lowest BCUT2D eigenvalue weighted by atomic mass is 9.94. The van der Waals surface area contributed by atoms with E-state index < -0.39 is 0 Å². The van der Waals surface area contributed by atoms with Crippen LogP contribution in [0.4, 0.5) is 6.01 Å². The Bertz CT molecular complexity index is 853. The van der Waals surface area contributed by atoms with Crippen molar-refractivity contribution in [2.24, 2.45) is 5.92 Å². The highest BCUT2D eigenvalue weighted by molar-refractivity contribution is 6.31. The maximum absolute atomic E-state index is 12.7. The Labute approximate surface area is 162 Å². The number of nitrogens with zero attached hydrogens (tertiary/aromatic N) is 3. The van der Waals surface area contributed by atoms with Crippen molar-refractivity contribution in [3.8, 4) is 0 Å². The van der Waals surface area contributed by atoms with Crippen molar-refractivity contribution in [2.75, 3.05) is 37.6 Å². The number of carbonyl (C=O) groups is 2. The average molecular weight is 391 g/mol. The molecular weight excluding hydrogens is 368 g/mol. The number of piperidine rings is 1. The molecule has 0 radical (unpaired) electrons. The maximum atomic E-state index is 12.7. The number of anilines is 1. The second kappa shape index (κ2) is 7.76. The first-order chi connectivity index (χ1) is 13.1. The molecule has 1 aromatic heterocycles. The predicted molar refractivity (Wildman–Crippen MR) is 103 cm³/mol. The molecule has 1 aromatic carbocycles. The Morgan fingerprint density at radius 2 is 2.22 bits per heavy atom. The first kappa shape index (κ1) is 18.1. The van der Waals surface area contributed by atoms with Crippen LogP contribution < -0.4 is 10.2 Å². The summed E-state index contributed by atoms with van der Waals surface area (Å²) in [4.78, 5) is 32.6. The fraction of sp³-hybridized carbons (Fsp3) is 0.526. The molecule has 0 saturated carbocycles. The third-order valence-corrected chi connectivity index (χ3v) is 5.49. The van der Waals surface area contributed by atoms with Crippen molar-refractivity contribution < 1.29 is 14.0 Å². The molecule has 2 aromatic rings. The lowest BCUT2D eigenvalue weighted by Gasteiger charge is -2.32. The molecule has 0 bridgehead atoms. The Kier molecular flexibility index (Phi) is 5.20. The highest BCUT2D eigenvalue weighted by Crippen LogP contribution is 2.29. The topological polar surface area (TPSA) is 78.7 Å². The Balaban J connectivity index is 1.40. The quantitative estimate of drug-likeness (QED) is 0.870. The number of rotatable bonds is 3.